The van der Waals surface area contributed by atoms with Crippen LogP contribution in [0.25, 0.3) is 0 Å². The predicted molar refractivity (Wildman–Crippen MR) is 50.9 cm³/mol. The first-order chi connectivity index (χ1) is 6.18. The van der Waals surface area contributed by atoms with Gasteiger partial charge in [-0.2, -0.15) is 0 Å². The molecule has 2 nitrogen and oxygen atoms in total. The van der Waals surface area contributed by atoms with Gasteiger partial charge in [0.2, 0.25) is 0 Å². The quantitative estimate of drug-likeness (QED) is 0.611. The SMILES string of the molecule is CN1CCc2c(F)ccc(N)c2C1. The van der Waals surface area contributed by atoms with Crippen LogP contribution in [0.15, 0.2) is 12.1 Å². The number of hydrogen-bond acceptors (Lipinski definition) is 2. The smallest absolute Gasteiger partial charge is 0.126 e. The molecule has 0 bridgehead atoms. The fourth-order valence-electron chi connectivity index (χ4n) is 1.79. The lowest BCUT2D eigenvalue weighted by atomic mass is 9.98. The summed E-state index contributed by atoms with van der Waals surface area (Å²) >= 11 is 0. The Hall–Kier alpha value is -1.09. The zero-order valence-electron chi connectivity index (χ0n) is 7.68. The highest BCUT2D eigenvalue weighted by Gasteiger charge is 2.18. The molecule has 13 heavy (non-hydrogen) atoms. The molecule has 0 atom stereocenters. The van der Waals surface area contributed by atoms with Crippen molar-refractivity contribution in [3.05, 3.63) is 29.1 Å². The lowest BCUT2D eigenvalue weighted by Gasteiger charge is -2.26. The first-order valence-corrected chi connectivity index (χ1v) is 4.43. The Morgan fingerprint density at radius 1 is 1.38 bits per heavy atom. The topological polar surface area (TPSA) is 29.3 Å². The molecule has 1 aliphatic heterocycles. The first kappa shape index (κ1) is 8.51. The molecule has 1 aliphatic rings. The van der Waals surface area contributed by atoms with Gasteiger partial charge < -0.3 is 10.6 Å². The summed E-state index contributed by atoms with van der Waals surface area (Å²) < 4.78 is 13.3. The van der Waals surface area contributed by atoms with E-state index in [2.05, 4.69) is 4.90 Å². The third-order valence-electron chi connectivity index (χ3n) is 2.58. The average molecular weight is 180 g/mol. The molecule has 0 aliphatic carbocycles. The summed E-state index contributed by atoms with van der Waals surface area (Å²) in [6.07, 6.45) is 0.767. The number of anilines is 1. The number of nitrogen functional groups attached to an aromatic ring is 1. The number of nitrogens with zero attached hydrogens (tertiary/aromatic N) is 1. The van der Waals surface area contributed by atoms with Crippen molar-refractivity contribution in [2.24, 2.45) is 0 Å². The molecule has 3 heteroatoms. The Bertz CT molecular complexity index is 336. The normalized spacial score (nSPS) is 17.1. The summed E-state index contributed by atoms with van der Waals surface area (Å²) in [6.45, 7) is 1.67. The molecule has 70 valence electrons. The number of hydrogen-bond donors (Lipinski definition) is 1. The molecule has 0 saturated heterocycles. The largest absolute Gasteiger partial charge is 0.398 e. The van der Waals surface area contributed by atoms with Gasteiger partial charge in [-0.3, -0.25) is 0 Å². The van der Waals surface area contributed by atoms with Crippen molar-refractivity contribution in [1.82, 2.24) is 4.90 Å². The van der Waals surface area contributed by atoms with Crippen molar-refractivity contribution < 1.29 is 4.39 Å². The lowest BCUT2D eigenvalue weighted by molar-refractivity contribution is 0.309. The fraction of sp³-hybridized carbons (Fsp3) is 0.400. The van der Waals surface area contributed by atoms with Gasteiger partial charge in [0, 0.05) is 18.8 Å². The second-order valence-corrected chi connectivity index (χ2v) is 3.58. The van der Waals surface area contributed by atoms with Crippen LogP contribution < -0.4 is 5.73 Å². The minimum absolute atomic E-state index is 0.114. The minimum Gasteiger partial charge on any atom is -0.398 e. The average Bonchev–Trinajstić information content (AvgIpc) is 2.12. The van der Waals surface area contributed by atoms with Gasteiger partial charge in [-0.15, -0.1) is 0 Å². The van der Waals surface area contributed by atoms with Crippen LogP contribution in [-0.4, -0.2) is 18.5 Å². The van der Waals surface area contributed by atoms with Gasteiger partial charge in [0.05, 0.1) is 0 Å². The van der Waals surface area contributed by atoms with Crippen LogP contribution in [0.5, 0.6) is 0 Å². The summed E-state index contributed by atoms with van der Waals surface area (Å²) in [4.78, 5) is 2.15. The van der Waals surface area contributed by atoms with Crippen LogP contribution in [0, 0.1) is 5.82 Å². The minimum atomic E-state index is -0.114. The second kappa shape index (κ2) is 3.00. The highest BCUT2D eigenvalue weighted by Crippen LogP contribution is 2.25. The molecule has 0 unspecified atom stereocenters. The molecule has 0 spiro atoms. The van der Waals surface area contributed by atoms with E-state index in [1.165, 1.54) is 6.07 Å². The molecule has 0 radical (unpaired) electrons. The van der Waals surface area contributed by atoms with Crippen LogP contribution in [0.1, 0.15) is 11.1 Å². The van der Waals surface area contributed by atoms with E-state index in [4.69, 9.17) is 5.73 Å². The number of rotatable bonds is 0. The van der Waals surface area contributed by atoms with E-state index in [1.54, 1.807) is 6.07 Å². The number of fused-ring (bicyclic) bond motifs is 1. The molecule has 2 rings (SSSR count). The van der Waals surface area contributed by atoms with E-state index in [0.29, 0.717) is 5.69 Å². The van der Waals surface area contributed by atoms with E-state index < -0.39 is 0 Å². The Kier molecular flexibility index (Phi) is 1.96. The molecular weight excluding hydrogens is 167 g/mol. The maximum atomic E-state index is 13.3. The van der Waals surface area contributed by atoms with Crippen molar-refractivity contribution in [2.45, 2.75) is 13.0 Å². The second-order valence-electron chi connectivity index (χ2n) is 3.58. The molecule has 1 heterocycles. The van der Waals surface area contributed by atoms with Gasteiger partial charge in [0.15, 0.2) is 0 Å². The Balaban J connectivity index is 2.51. The van der Waals surface area contributed by atoms with Gasteiger partial charge in [0.1, 0.15) is 5.82 Å². The Morgan fingerprint density at radius 2 is 2.15 bits per heavy atom. The van der Waals surface area contributed by atoms with Crippen molar-refractivity contribution in [2.75, 3.05) is 19.3 Å². The summed E-state index contributed by atoms with van der Waals surface area (Å²) in [6, 6.07) is 3.10. The van der Waals surface area contributed by atoms with Gasteiger partial charge in [-0.25, -0.2) is 4.39 Å². The molecule has 2 N–H and O–H groups in total. The summed E-state index contributed by atoms with van der Waals surface area (Å²) in [5, 5.41) is 0. The Labute approximate surface area is 77.2 Å². The number of likely N-dealkylation sites (N-methyl/N-ethyl adjacent to an activating group) is 1. The van der Waals surface area contributed by atoms with E-state index in [0.717, 1.165) is 30.6 Å². The van der Waals surface area contributed by atoms with E-state index in [1.807, 2.05) is 7.05 Å². The third-order valence-corrected chi connectivity index (χ3v) is 2.58. The van der Waals surface area contributed by atoms with Crippen LogP contribution in [0.4, 0.5) is 10.1 Å². The molecule has 1 aromatic carbocycles. The summed E-state index contributed by atoms with van der Waals surface area (Å²) in [7, 11) is 2.02. The summed E-state index contributed by atoms with van der Waals surface area (Å²) in [5.74, 6) is -0.114. The maximum Gasteiger partial charge on any atom is 0.126 e. The maximum absolute atomic E-state index is 13.3. The van der Waals surface area contributed by atoms with Crippen LogP contribution in [0.3, 0.4) is 0 Å². The molecule has 0 aromatic heterocycles. The number of benzene rings is 1. The van der Waals surface area contributed by atoms with Crippen LogP contribution in [0.2, 0.25) is 0 Å². The molecular formula is C10H13FN2. The highest BCUT2D eigenvalue weighted by atomic mass is 19.1. The van der Waals surface area contributed by atoms with Gasteiger partial charge in [-0.05, 0) is 36.7 Å². The van der Waals surface area contributed by atoms with Gasteiger partial charge in [-0.1, -0.05) is 0 Å². The third kappa shape index (κ3) is 1.40. The van der Waals surface area contributed by atoms with E-state index >= 15 is 0 Å². The van der Waals surface area contributed by atoms with Crippen molar-refractivity contribution in [3.63, 3.8) is 0 Å². The van der Waals surface area contributed by atoms with Crippen molar-refractivity contribution in [3.8, 4) is 0 Å². The van der Waals surface area contributed by atoms with Gasteiger partial charge in [0.25, 0.3) is 0 Å². The number of halogens is 1. The molecule has 1 aromatic rings. The van der Waals surface area contributed by atoms with Crippen molar-refractivity contribution >= 4 is 5.69 Å². The molecule has 0 fully saturated rings. The van der Waals surface area contributed by atoms with E-state index in [-0.39, 0.29) is 5.82 Å². The van der Waals surface area contributed by atoms with Crippen LogP contribution >= 0.6 is 0 Å². The standard InChI is InChI=1S/C10H13FN2/c1-13-5-4-7-8(6-13)10(12)3-2-9(7)11/h2-3H,4-6,12H2,1H3. The summed E-state index contributed by atoms with van der Waals surface area (Å²) in [5.41, 5.74) is 8.26. The Morgan fingerprint density at radius 3 is 2.92 bits per heavy atom. The molecule has 0 amide bonds. The fourth-order valence-corrected chi connectivity index (χ4v) is 1.79. The zero-order valence-corrected chi connectivity index (χ0v) is 7.68. The van der Waals surface area contributed by atoms with E-state index in [9.17, 15) is 4.39 Å². The monoisotopic (exact) mass is 180 g/mol. The predicted octanol–water partition coefficient (Wildman–Crippen LogP) is 1.40. The first-order valence-electron chi connectivity index (χ1n) is 4.43. The van der Waals surface area contributed by atoms with Gasteiger partial charge >= 0.3 is 0 Å². The highest BCUT2D eigenvalue weighted by molar-refractivity contribution is 5.52. The molecule has 0 saturated carbocycles. The lowest BCUT2D eigenvalue weighted by Crippen LogP contribution is -2.28. The van der Waals surface area contributed by atoms with Crippen LogP contribution in [-0.2, 0) is 13.0 Å². The van der Waals surface area contributed by atoms with Crippen molar-refractivity contribution in [1.29, 1.82) is 0 Å². The number of nitrogens with two attached hydrogens (primary N) is 1. The zero-order chi connectivity index (χ0) is 9.42.